The predicted molar refractivity (Wildman–Crippen MR) is 140 cm³/mol. The number of carbonyl (C=O) groups is 1. The number of carbonyl (C=O) groups excluding carboxylic acids is 1. The van der Waals surface area contributed by atoms with E-state index in [1.165, 1.54) is 0 Å². The third-order valence-electron chi connectivity index (χ3n) is 5.94. The van der Waals surface area contributed by atoms with E-state index in [0.29, 0.717) is 72.5 Å². The summed E-state index contributed by atoms with van der Waals surface area (Å²) in [4.78, 5) is 26.0. The fourth-order valence-corrected chi connectivity index (χ4v) is 4.22. The van der Waals surface area contributed by atoms with Gasteiger partial charge in [-0.3, -0.25) is 4.79 Å². The van der Waals surface area contributed by atoms with Crippen molar-refractivity contribution in [2.45, 2.75) is 27.7 Å². The van der Waals surface area contributed by atoms with Gasteiger partial charge in [0.25, 0.3) is 11.9 Å². The predicted octanol–water partition coefficient (Wildman–Crippen LogP) is 2.98. The zero-order chi connectivity index (χ0) is 26.0. The third kappa shape index (κ3) is 5.71. The Balaban J connectivity index is 1.43. The highest BCUT2D eigenvalue weighted by atomic mass is 16.5. The van der Waals surface area contributed by atoms with Crippen molar-refractivity contribution in [2.75, 3.05) is 44.7 Å². The van der Waals surface area contributed by atoms with Crippen LogP contribution in [0.2, 0.25) is 0 Å². The first-order chi connectivity index (χ1) is 17.0. The molecule has 0 unspecified atom stereocenters. The van der Waals surface area contributed by atoms with Crippen molar-refractivity contribution >= 4 is 28.8 Å². The molecule has 1 fully saturated rings. The van der Waals surface area contributed by atoms with Gasteiger partial charge in [0.05, 0.1) is 12.8 Å². The Morgan fingerprint density at radius 2 is 1.89 bits per heavy atom. The number of benzene rings is 1. The van der Waals surface area contributed by atoms with Gasteiger partial charge in [-0.25, -0.2) is 10.8 Å². The first-order valence-corrected chi connectivity index (χ1v) is 12.0. The van der Waals surface area contributed by atoms with Gasteiger partial charge in [-0.05, 0) is 42.7 Å². The molecule has 1 aliphatic rings. The van der Waals surface area contributed by atoms with Gasteiger partial charge in [0.2, 0.25) is 5.65 Å². The van der Waals surface area contributed by atoms with Gasteiger partial charge in [-0.1, -0.05) is 20.8 Å². The van der Waals surface area contributed by atoms with Crippen LogP contribution in [0.25, 0.3) is 16.9 Å². The first kappa shape index (κ1) is 25.3. The van der Waals surface area contributed by atoms with Crippen LogP contribution in [0.4, 0.5) is 6.01 Å². The Kier molecular flexibility index (Phi) is 7.07. The van der Waals surface area contributed by atoms with E-state index in [4.69, 9.17) is 20.7 Å². The Morgan fingerprint density at radius 1 is 1.17 bits per heavy atom. The van der Waals surface area contributed by atoms with Gasteiger partial charge >= 0.3 is 0 Å². The van der Waals surface area contributed by atoms with Crippen molar-refractivity contribution in [2.24, 2.45) is 17.0 Å². The molecule has 2 aromatic heterocycles. The summed E-state index contributed by atoms with van der Waals surface area (Å²) in [6.45, 7) is 11.2. The molecule has 3 heterocycles. The van der Waals surface area contributed by atoms with Gasteiger partial charge in [0.1, 0.15) is 5.75 Å². The number of piperazine rings is 1. The van der Waals surface area contributed by atoms with Crippen LogP contribution in [0.1, 0.15) is 42.4 Å². The van der Waals surface area contributed by atoms with E-state index in [9.17, 15) is 4.79 Å². The van der Waals surface area contributed by atoms with Crippen molar-refractivity contribution in [3.8, 4) is 5.75 Å². The lowest BCUT2D eigenvalue weighted by Crippen LogP contribution is -2.48. The van der Waals surface area contributed by atoms with Gasteiger partial charge in [0.15, 0.2) is 5.58 Å². The summed E-state index contributed by atoms with van der Waals surface area (Å²) in [7, 11) is 1.56. The molecule has 0 aliphatic carbocycles. The van der Waals surface area contributed by atoms with Crippen LogP contribution in [-0.2, 0) is 0 Å². The van der Waals surface area contributed by atoms with E-state index in [2.05, 4.69) is 30.7 Å². The minimum atomic E-state index is -0.0647. The number of nitrogens with two attached hydrogens (primary N) is 2. The maximum absolute atomic E-state index is 13.2. The van der Waals surface area contributed by atoms with Crippen LogP contribution >= 0.6 is 0 Å². The van der Waals surface area contributed by atoms with Crippen LogP contribution < -0.4 is 21.2 Å². The number of hydrazine groups is 1. The molecule has 0 radical (unpaired) electrons. The molecule has 3 aromatic rings. The third-order valence-corrected chi connectivity index (χ3v) is 5.94. The summed E-state index contributed by atoms with van der Waals surface area (Å²) >= 11 is 0. The second-order valence-electron chi connectivity index (χ2n) is 10.3. The molecular formula is C26H35N7O3. The molecule has 4 N–H and O–H groups in total. The molecule has 10 nitrogen and oxygen atoms in total. The van der Waals surface area contributed by atoms with E-state index in [1.807, 2.05) is 28.9 Å². The van der Waals surface area contributed by atoms with E-state index in [0.717, 1.165) is 5.69 Å². The monoisotopic (exact) mass is 493 g/mol. The number of hydrogen-bond acceptors (Lipinski definition) is 9. The number of rotatable bonds is 6. The minimum absolute atomic E-state index is 0.0202. The number of nitrogens with zero attached hydrogens (tertiary/aromatic N) is 5. The molecule has 0 atom stereocenters. The number of aryl methyl sites for hydroxylation is 1. The van der Waals surface area contributed by atoms with Crippen molar-refractivity contribution < 1.29 is 13.9 Å². The van der Waals surface area contributed by atoms with Gasteiger partial charge < -0.3 is 29.7 Å². The second-order valence-corrected chi connectivity index (χ2v) is 10.3. The maximum atomic E-state index is 13.2. The van der Waals surface area contributed by atoms with Gasteiger partial charge in [-0.2, -0.15) is 4.98 Å². The summed E-state index contributed by atoms with van der Waals surface area (Å²) in [5.41, 5.74) is 10.2. The summed E-state index contributed by atoms with van der Waals surface area (Å²) in [5, 5.41) is 1.57. The molecule has 0 bridgehead atoms. The molecule has 192 valence electrons. The average Bonchev–Trinajstić information content (AvgIpc) is 3.25. The normalized spacial score (nSPS) is 14.9. The molecule has 1 aromatic carbocycles. The Hall–Kier alpha value is -3.79. The van der Waals surface area contributed by atoms with Crippen LogP contribution in [-0.4, -0.2) is 65.6 Å². The Labute approximate surface area is 211 Å². The van der Waals surface area contributed by atoms with E-state index in [1.54, 1.807) is 36.5 Å². The van der Waals surface area contributed by atoms with Crippen LogP contribution in [0.5, 0.6) is 5.75 Å². The average molecular weight is 494 g/mol. The van der Waals surface area contributed by atoms with Crippen LogP contribution in [0.15, 0.2) is 40.9 Å². The number of aromatic nitrogens is 2. The minimum Gasteiger partial charge on any atom is -0.496 e. The SMILES string of the molecule is COc1cc(C(=O)N2CCN(c3nc4nc(C)ccc4o3)CC2)ccc1/C(N)=C/N(N)CC(C)(C)C. The van der Waals surface area contributed by atoms with Crippen molar-refractivity contribution in [1.29, 1.82) is 0 Å². The number of ether oxygens (including phenoxy) is 1. The van der Waals surface area contributed by atoms with Crippen molar-refractivity contribution in [3.05, 3.63) is 53.4 Å². The molecule has 4 rings (SSSR count). The molecule has 0 saturated carbocycles. The maximum Gasteiger partial charge on any atom is 0.300 e. The quantitative estimate of drug-likeness (QED) is 0.393. The summed E-state index contributed by atoms with van der Waals surface area (Å²) in [6, 6.07) is 9.60. The lowest BCUT2D eigenvalue weighted by molar-refractivity contribution is 0.0744. The summed E-state index contributed by atoms with van der Waals surface area (Å²) in [6.07, 6.45) is 1.69. The number of oxazole rings is 1. The summed E-state index contributed by atoms with van der Waals surface area (Å²) in [5.74, 6) is 6.56. The Bertz CT molecular complexity index is 1270. The zero-order valence-corrected chi connectivity index (χ0v) is 21.6. The number of anilines is 1. The van der Waals surface area contributed by atoms with Crippen LogP contribution in [0, 0.1) is 12.3 Å². The van der Waals surface area contributed by atoms with Crippen molar-refractivity contribution in [1.82, 2.24) is 19.9 Å². The molecule has 1 amide bonds. The van der Waals surface area contributed by atoms with Gasteiger partial charge in [0, 0.05) is 55.7 Å². The largest absolute Gasteiger partial charge is 0.496 e. The molecular weight excluding hydrogens is 458 g/mol. The fourth-order valence-electron chi connectivity index (χ4n) is 4.22. The second kappa shape index (κ2) is 10.1. The highest BCUT2D eigenvalue weighted by Crippen LogP contribution is 2.27. The van der Waals surface area contributed by atoms with E-state index >= 15 is 0 Å². The molecule has 10 heteroatoms. The lowest BCUT2D eigenvalue weighted by Gasteiger charge is -2.33. The molecule has 0 spiro atoms. The van der Waals surface area contributed by atoms with Gasteiger partial charge in [-0.15, -0.1) is 0 Å². The lowest BCUT2D eigenvalue weighted by atomic mass is 9.97. The summed E-state index contributed by atoms with van der Waals surface area (Å²) < 4.78 is 11.4. The fraction of sp³-hybridized carbons (Fsp3) is 0.423. The Morgan fingerprint density at radius 3 is 2.56 bits per heavy atom. The number of hydrogen-bond donors (Lipinski definition) is 2. The van der Waals surface area contributed by atoms with Crippen LogP contribution in [0.3, 0.4) is 0 Å². The van der Waals surface area contributed by atoms with E-state index < -0.39 is 0 Å². The highest BCUT2D eigenvalue weighted by molar-refractivity contribution is 5.95. The highest BCUT2D eigenvalue weighted by Gasteiger charge is 2.26. The molecule has 1 aliphatic heterocycles. The molecule has 1 saturated heterocycles. The van der Waals surface area contributed by atoms with E-state index in [-0.39, 0.29) is 11.3 Å². The molecule has 36 heavy (non-hydrogen) atoms. The van der Waals surface area contributed by atoms with Crippen molar-refractivity contribution in [3.63, 3.8) is 0 Å². The first-order valence-electron chi connectivity index (χ1n) is 12.0. The smallest absolute Gasteiger partial charge is 0.300 e. The standard InChI is InChI=1S/C26H35N7O3/c1-17-6-9-21-23(29-17)30-25(36-21)32-12-10-31(11-13-32)24(34)18-7-8-19(22(14-18)35-5)20(27)15-33(28)16-26(2,3)4/h6-9,14-15H,10-13,16,27-28H2,1-5H3/b20-15-. The number of methoxy groups -OCH3 is 1. The number of pyridine rings is 1. The number of amides is 1. The zero-order valence-electron chi connectivity index (χ0n) is 21.6. The topological polar surface area (TPSA) is 127 Å². The number of fused-ring (bicyclic) bond motifs is 1.